The highest BCUT2D eigenvalue weighted by atomic mass is 32.2. The van der Waals surface area contributed by atoms with E-state index in [2.05, 4.69) is 10.1 Å². The average molecular weight is 295 g/mol. The van der Waals surface area contributed by atoms with Crippen molar-refractivity contribution in [2.45, 2.75) is 11.8 Å². The number of hydrazine groups is 1. The number of benzene rings is 1. The highest BCUT2D eigenvalue weighted by molar-refractivity contribution is 7.89. The van der Waals surface area contributed by atoms with Crippen molar-refractivity contribution < 1.29 is 21.4 Å². The van der Waals surface area contributed by atoms with Gasteiger partial charge in [-0.15, -0.1) is 4.83 Å². The summed E-state index contributed by atoms with van der Waals surface area (Å²) in [5, 5.41) is 0. The zero-order valence-electron chi connectivity index (χ0n) is 9.41. The predicted octanol–water partition coefficient (Wildman–Crippen LogP) is -0.296. The SMILES string of the molecule is CCNS(=O)(=O)c1ccc(NNS(=O)(=O)O)cc1. The van der Waals surface area contributed by atoms with E-state index in [0.29, 0.717) is 0 Å². The van der Waals surface area contributed by atoms with Gasteiger partial charge in [-0.25, -0.2) is 13.1 Å². The van der Waals surface area contributed by atoms with Crippen molar-refractivity contribution in [3.8, 4) is 0 Å². The average Bonchev–Trinajstić information content (AvgIpc) is 2.26. The first-order valence-corrected chi connectivity index (χ1v) is 7.77. The second-order valence-electron chi connectivity index (χ2n) is 3.23. The van der Waals surface area contributed by atoms with Crippen LogP contribution in [-0.2, 0) is 20.3 Å². The normalized spacial score (nSPS) is 12.3. The van der Waals surface area contributed by atoms with E-state index in [1.807, 2.05) is 0 Å². The molecule has 0 aliphatic heterocycles. The molecule has 0 unspecified atom stereocenters. The summed E-state index contributed by atoms with van der Waals surface area (Å²) >= 11 is 0. The number of hydrogen-bond acceptors (Lipinski definition) is 5. The van der Waals surface area contributed by atoms with Gasteiger partial charge >= 0.3 is 10.3 Å². The third-order valence-corrected chi connectivity index (χ3v) is 3.74. The molecule has 0 amide bonds. The summed E-state index contributed by atoms with van der Waals surface area (Å²) < 4.78 is 54.7. The second-order valence-corrected chi connectivity index (χ2v) is 6.15. The smallest absolute Gasteiger partial charge is 0.306 e. The zero-order valence-corrected chi connectivity index (χ0v) is 11.0. The van der Waals surface area contributed by atoms with Crippen molar-refractivity contribution in [2.75, 3.05) is 12.0 Å². The van der Waals surface area contributed by atoms with Crippen LogP contribution in [0.4, 0.5) is 5.69 Å². The first-order valence-electron chi connectivity index (χ1n) is 4.84. The van der Waals surface area contributed by atoms with Crippen molar-refractivity contribution in [2.24, 2.45) is 0 Å². The minimum atomic E-state index is -4.36. The molecule has 0 aliphatic rings. The largest absolute Gasteiger partial charge is 0.350 e. The molecule has 1 aromatic rings. The van der Waals surface area contributed by atoms with Gasteiger partial charge in [0, 0.05) is 12.2 Å². The van der Waals surface area contributed by atoms with Crippen LogP contribution in [-0.4, -0.2) is 27.9 Å². The molecule has 0 heterocycles. The van der Waals surface area contributed by atoms with Gasteiger partial charge in [0.25, 0.3) is 0 Å². The molecular weight excluding hydrogens is 282 g/mol. The van der Waals surface area contributed by atoms with Crippen molar-refractivity contribution in [1.29, 1.82) is 0 Å². The number of hydrogen-bond donors (Lipinski definition) is 4. The molecule has 0 spiro atoms. The van der Waals surface area contributed by atoms with Crippen molar-refractivity contribution in [1.82, 2.24) is 9.55 Å². The Bertz CT molecular complexity index is 594. The minimum Gasteiger partial charge on any atom is -0.306 e. The van der Waals surface area contributed by atoms with Gasteiger partial charge in [0.2, 0.25) is 10.0 Å². The predicted molar refractivity (Wildman–Crippen MR) is 65.6 cm³/mol. The van der Waals surface area contributed by atoms with E-state index in [9.17, 15) is 16.8 Å². The molecule has 18 heavy (non-hydrogen) atoms. The molecule has 0 aromatic heterocycles. The van der Waals surface area contributed by atoms with E-state index in [-0.39, 0.29) is 17.1 Å². The molecule has 10 heteroatoms. The Kier molecular flexibility index (Phi) is 4.65. The molecular formula is C8H13N3O5S2. The molecule has 0 saturated heterocycles. The summed E-state index contributed by atoms with van der Waals surface area (Å²) in [6, 6.07) is 5.29. The molecule has 4 N–H and O–H groups in total. The lowest BCUT2D eigenvalue weighted by atomic mass is 10.3. The topological polar surface area (TPSA) is 125 Å². The Labute approximate surface area is 105 Å². The Balaban J connectivity index is 2.81. The fourth-order valence-electron chi connectivity index (χ4n) is 1.11. The number of anilines is 1. The number of nitrogens with one attached hydrogen (secondary N) is 3. The Morgan fingerprint density at radius 2 is 1.67 bits per heavy atom. The maximum Gasteiger partial charge on any atom is 0.350 e. The van der Waals surface area contributed by atoms with Crippen molar-refractivity contribution in [3.63, 3.8) is 0 Å². The van der Waals surface area contributed by atoms with Gasteiger partial charge in [-0.2, -0.15) is 8.42 Å². The molecule has 0 radical (unpaired) electrons. The molecule has 0 fully saturated rings. The first-order chi connectivity index (χ1) is 8.24. The lowest BCUT2D eigenvalue weighted by Gasteiger charge is -2.07. The van der Waals surface area contributed by atoms with Crippen molar-refractivity contribution >= 4 is 26.0 Å². The van der Waals surface area contributed by atoms with E-state index in [1.165, 1.54) is 24.3 Å². The van der Waals surface area contributed by atoms with Crippen LogP contribution in [0.15, 0.2) is 29.2 Å². The van der Waals surface area contributed by atoms with E-state index >= 15 is 0 Å². The summed E-state index contributed by atoms with van der Waals surface area (Å²) in [7, 11) is -7.90. The zero-order chi connectivity index (χ0) is 13.8. The van der Waals surface area contributed by atoms with Gasteiger partial charge in [-0.05, 0) is 24.3 Å². The number of sulfonamides is 1. The van der Waals surface area contributed by atoms with Gasteiger partial charge in [-0.3, -0.25) is 4.55 Å². The van der Waals surface area contributed by atoms with Crippen LogP contribution < -0.4 is 15.0 Å². The quantitative estimate of drug-likeness (QED) is 0.422. The molecule has 1 rings (SSSR count). The van der Waals surface area contributed by atoms with Gasteiger partial charge < -0.3 is 5.43 Å². The summed E-state index contributed by atoms with van der Waals surface area (Å²) in [6.45, 7) is 1.93. The molecule has 0 bridgehead atoms. The molecule has 8 nitrogen and oxygen atoms in total. The Morgan fingerprint density at radius 1 is 1.11 bits per heavy atom. The monoisotopic (exact) mass is 295 g/mol. The molecule has 0 atom stereocenters. The fourth-order valence-corrected chi connectivity index (χ4v) is 2.40. The Hall–Kier alpha value is -1.20. The molecule has 102 valence electrons. The second kappa shape index (κ2) is 5.63. The standard InChI is InChI=1S/C8H13N3O5S2/c1-2-9-17(12,13)8-5-3-7(4-6-8)10-11-18(14,15)16/h3-6,9-11H,2H2,1H3,(H,14,15,16). The lowest BCUT2D eigenvalue weighted by molar-refractivity contribution is 0.473. The van der Waals surface area contributed by atoms with Crippen molar-refractivity contribution in [3.05, 3.63) is 24.3 Å². The third-order valence-electron chi connectivity index (χ3n) is 1.82. The van der Waals surface area contributed by atoms with Crippen LogP contribution in [0.5, 0.6) is 0 Å². The van der Waals surface area contributed by atoms with Gasteiger partial charge in [-0.1, -0.05) is 6.92 Å². The van der Waals surface area contributed by atoms with Crippen LogP contribution >= 0.6 is 0 Å². The van der Waals surface area contributed by atoms with Crippen LogP contribution in [0.1, 0.15) is 6.92 Å². The van der Waals surface area contributed by atoms with E-state index in [0.717, 1.165) is 0 Å². The summed E-state index contributed by atoms with van der Waals surface area (Å²) in [6.07, 6.45) is 0. The first kappa shape index (κ1) is 14.9. The van der Waals surface area contributed by atoms with E-state index in [1.54, 1.807) is 11.8 Å². The highest BCUT2D eigenvalue weighted by Crippen LogP contribution is 2.13. The highest BCUT2D eigenvalue weighted by Gasteiger charge is 2.11. The van der Waals surface area contributed by atoms with Gasteiger partial charge in [0.15, 0.2) is 0 Å². The van der Waals surface area contributed by atoms with Crippen LogP contribution in [0.3, 0.4) is 0 Å². The van der Waals surface area contributed by atoms with Gasteiger partial charge in [0.05, 0.1) is 4.90 Å². The third kappa shape index (κ3) is 4.58. The molecule has 0 aliphatic carbocycles. The van der Waals surface area contributed by atoms with Crippen LogP contribution in [0.25, 0.3) is 0 Å². The Morgan fingerprint density at radius 3 is 2.11 bits per heavy atom. The molecule has 1 aromatic carbocycles. The van der Waals surface area contributed by atoms with Gasteiger partial charge in [0.1, 0.15) is 0 Å². The molecule has 0 saturated carbocycles. The maximum atomic E-state index is 11.6. The van der Waals surface area contributed by atoms with E-state index in [4.69, 9.17) is 4.55 Å². The lowest BCUT2D eigenvalue weighted by Crippen LogP contribution is -2.28. The van der Waals surface area contributed by atoms with Crippen LogP contribution in [0.2, 0.25) is 0 Å². The maximum absolute atomic E-state index is 11.6. The van der Waals surface area contributed by atoms with Crippen LogP contribution in [0, 0.1) is 0 Å². The fraction of sp³-hybridized carbons (Fsp3) is 0.250. The minimum absolute atomic E-state index is 0.0572. The number of rotatable bonds is 6. The summed E-state index contributed by atoms with van der Waals surface area (Å²) in [5.41, 5.74) is 2.47. The summed E-state index contributed by atoms with van der Waals surface area (Å²) in [4.78, 5) is 1.69. The van der Waals surface area contributed by atoms with E-state index < -0.39 is 20.3 Å². The summed E-state index contributed by atoms with van der Waals surface area (Å²) in [5.74, 6) is 0.